The van der Waals surface area contributed by atoms with E-state index in [-0.39, 0.29) is 16.8 Å². The van der Waals surface area contributed by atoms with E-state index in [4.69, 9.17) is 4.74 Å². The lowest BCUT2D eigenvalue weighted by Gasteiger charge is -2.31. The van der Waals surface area contributed by atoms with Crippen molar-refractivity contribution >= 4 is 5.97 Å². The van der Waals surface area contributed by atoms with Crippen molar-refractivity contribution in [3.8, 4) is 5.75 Å². The van der Waals surface area contributed by atoms with Gasteiger partial charge in [-0.15, -0.1) is 0 Å². The average molecular weight is 545 g/mol. The standard InChI is InChI=1S/C36H64O3/c1-10-11-12-13-14-15-16-17-18-19-20-21-22-23-24-25-26-39-33(38)36(8,9)29-27-30(34(2,3)4)32(37)31(28-29)35(5,6)7/h27-28,37H,10-26H2,1-9H3. The van der Waals surface area contributed by atoms with Crippen LogP contribution in [0, 0.1) is 0 Å². The molecule has 0 saturated carbocycles. The zero-order valence-electron chi connectivity index (χ0n) is 27.4. The van der Waals surface area contributed by atoms with Gasteiger partial charge in [0.2, 0.25) is 0 Å². The summed E-state index contributed by atoms with van der Waals surface area (Å²) in [6.45, 7) is 19.2. The van der Waals surface area contributed by atoms with Crippen molar-refractivity contribution in [3.05, 3.63) is 28.8 Å². The molecule has 1 rings (SSSR count). The molecule has 0 fully saturated rings. The molecule has 0 aliphatic heterocycles. The van der Waals surface area contributed by atoms with E-state index in [1.54, 1.807) is 0 Å². The van der Waals surface area contributed by atoms with Gasteiger partial charge in [-0.3, -0.25) is 4.79 Å². The Kier molecular flexibility index (Phi) is 15.8. The van der Waals surface area contributed by atoms with E-state index in [0.717, 1.165) is 29.5 Å². The van der Waals surface area contributed by atoms with E-state index in [0.29, 0.717) is 12.4 Å². The molecule has 0 aliphatic carbocycles. The SMILES string of the molecule is CCCCCCCCCCCCCCCCCCOC(=O)C(C)(C)c1cc(C(C)(C)C)c(O)c(C(C)(C)C)c1. The highest BCUT2D eigenvalue weighted by molar-refractivity contribution is 5.82. The molecule has 3 nitrogen and oxygen atoms in total. The summed E-state index contributed by atoms with van der Waals surface area (Å²) in [5, 5.41) is 11.0. The minimum Gasteiger partial charge on any atom is -0.507 e. The molecule has 3 heteroatoms. The first-order valence-electron chi connectivity index (χ1n) is 16.3. The van der Waals surface area contributed by atoms with Crippen molar-refractivity contribution in [1.82, 2.24) is 0 Å². The Morgan fingerprint density at radius 3 is 1.28 bits per heavy atom. The molecule has 1 N–H and O–H groups in total. The Morgan fingerprint density at radius 1 is 0.615 bits per heavy atom. The van der Waals surface area contributed by atoms with Crippen molar-refractivity contribution in [1.29, 1.82) is 0 Å². The van der Waals surface area contributed by atoms with E-state index in [1.165, 1.54) is 89.9 Å². The third kappa shape index (κ3) is 13.1. The Balaban J connectivity index is 2.34. The number of carbonyl (C=O) groups is 1. The fourth-order valence-corrected chi connectivity index (χ4v) is 5.25. The van der Waals surface area contributed by atoms with Crippen molar-refractivity contribution < 1.29 is 14.6 Å². The topological polar surface area (TPSA) is 46.5 Å². The Hall–Kier alpha value is -1.51. The van der Waals surface area contributed by atoms with Crippen LogP contribution in [0.1, 0.15) is 182 Å². The van der Waals surface area contributed by atoms with Gasteiger partial charge in [0, 0.05) is 0 Å². The largest absolute Gasteiger partial charge is 0.507 e. The zero-order valence-corrected chi connectivity index (χ0v) is 27.4. The predicted octanol–water partition coefficient (Wildman–Crippen LogP) is 11.1. The lowest BCUT2D eigenvalue weighted by molar-refractivity contribution is -0.149. The van der Waals surface area contributed by atoms with E-state index in [9.17, 15) is 9.90 Å². The summed E-state index contributed by atoms with van der Waals surface area (Å²) < 4.78 is 5.76. The number of carbonyl (C=O) groups excluding carboxylic acids is 1. The first kappa shape index (κ1) is 35.5. The molecule has 0 heterocycles. The molecule has 0 unspecified atom stereocenters. The van der Waals surface area contributed by atoms with Gasteiger partial charge in [0.25, 0.3) is 0 Å². The Labute approximate surface area is 242 Å². The molecule has 39 heavy (non-hydrogen) atoms. The summed E-state index contributed by atoms with van der Waals surface area (Å²) in [6.07, 6.45) is 21.3. The predicted molar refractivity (Wildman–Crippen MR) is 169 cm³/mol. The van der Waals surface area contributed by atoms with Crippen LogP contribution in [0.3, 0.4) is 0 Å². The highest BCUT2D eigenvalue weighted by Crippen LogP contribution is 2.42. The smallest absolute Gasteiger partial charge is 0.315 e. The number of esters is 1. The molecule has 1 aromatic rings. The van der Waals surface area contributed by atoms with Crippen molar-refractivity contribution in [3.63, 3.8) is 0 Å². The highest BCUT2D eigenvalue weighted by Gasteiger charge is 2.35. The maximum absolute atomic E-state index is 13.1. The Morgan fingerprint density at radius 2 is 0.949 bits per heavy atom. The van der Waals surface area contributed by atoms with E-state index in [2.05, 4.69) is 48.5 Å². The second-order valence-electron chi connectivity index (χ2n) is 14.5. The van der Waals surface area contributed by atoms with Crippen LogP contribution in [-0.2, 0) is 25.8 Å². The number of aromatic hydroxyl groups is 1. The normalized spacial score (nSPS) is 12.6. The molecule has 1 aromatic carbocycles. The molecule has 0 radical (unpaired) electrons. The van der Waals surface area contributed by atoms with Crippen LogP contribution in [0.4, 0.5) is 0 Å². The van der Waals surface area contributed by atoms with Crippen LogP contribution in [0.2, 0.25) is 0 Å². The molecule has 0 spiro atoms. The summed E-state index contributed by atoms with van der Waals surface area (Å²) in [6, 6.07) is 4.00. The van der Waals surface area contributed by atoms with Crippen LogP contribution >= 0.6 is 0 Å². The van der Waals surface area contributed by atoms with Gasteiger partial charge in [-0.25, -0.2) is 0 Å². The van der Waals surface area contributed by atoms with Gasteiger partial charge in [0.1, 0.15) is 5.75 Å². The monoisotopic (exact) mass is 544 g/mol. The maximum Gasteiger partial charge on any atom is 0.315 e. The van der Waals surface area contributed by atoms with Crippen LogP contribution < -0.4 is 0 Å². The fourth-order valence-electron chi connectivity index (χ4n) is 5.25. The molecule has 0 aromatic heterocycles. The van der Waals surface area contributed by atoms with Crippen LogP contribution in [-0.4, -0.2) is 17.7 Å². The number of ether oxygens (including phenoxy) is 1. The summed E-state index contributed by atoms with van der Waals surface area (Å²) in [4.78, 5) is 13.1. The first-order chi connectivity index (χ1) is 18.2. The number of rotatable bonds is 19. The summed E-state index contributed by atoms with van der Waals surface area (Å²) >= 11 is 0. The van der Waals surface area contributed by atoms with Crippen molar-refractivity contribution in [2.24, 2.45) is 0 Å². The number of unbranched alkanes of at least 4 members (excludes halogenated alkanes) is 15. The van der Waals surface area contributed by atoms with Gasteiger partial charge in [-0.1, -0.05) is 157 Å². The lowest BCUT2D eigenvalue weighted by atomic mass is 9.74. The number of hydrogen-bond acceptors (Lipinski definition) is 3. The van der Waals surface area contributed by atoms with Gasteiger partial charge in [-0.2, -0.15) is 0 Å². The first-order valence-corrected chi connectivity index (χ1v) is 16.3. The summed E-state index contributed by atoms with van der Waals surface area (Å²) in [7, 11) is 0. The quantitative estimate of drug-likeness (QED) is 0.139. The molecular formula is C36H64O3. The highest BCUT2D eigenvalue weighted by atomic mass is 16.5. The van der Waals surface area contributed by atoms with Gasteiger partial charge >= 0.3 is 5.97 Å². The minimum atomic E-state index is -0.775. The third-order valence-corrected chi connectivity index (χ3v) is 8.19. The average Bonchev–Trinajstić information content (AvgIpc) is 2.84. The number of hydrogen-bond donors (Lipinski definition) is 1. The number of benzene rings is 1. The molecular weight excluding hydrogens is 480 g/mol. The lowest BCUT2D eigenvalue weighted by Crippen LogP contribution is -2.32. The van der Waals surface area contributed by atoms with Gasteiger partial charge in [0.05, 0.1) is 12.0 Å². The summed E-state index contributed by atoms with van der Waals surface area (Å²) in [5.74, 6) is 0.157. The fraction of sp³-hybridized carbons (Fsp3) is 0.806. The molecule has 226 valence electrons. The van der Waals surface area contributed by atoms with Crippen LogP contribution in [0.25, 0.3) is 0 Å². The zero-order chi connectivity index (χ0) is 29.5. The van der Waals surface area contributed by atoms with Crippen LogP contribution in [0.5, 0.6) is 5.75 Å². The van der Waals surface area contributed by atoms with E-state index < -0.39 is 5.41 Å². The van der Waals surface area contributed by atoms with Crippen LogP contribution in [0.15, 0.2) is 12.1 Å². The molecule has 0 amide bonds. The third-order valence-electron chi connectivity index (χ3n) is 8.19. The van der Waals surface area contributed by atoms with E-state index in [1.807, 2.05) is 26.0 Å². The maximum atomic E-state index is 13.1. The minimum absolute atomic E-state index is 0.186. The summed E-state index contributed by atoms with van der Waals surface area (Å²) in [5.41, 5.74) is 1.43. The molecule has 0 bridgehead atoms. The molecule has 0 saturated heterocycles. The molecule has 0 atom stereocenters. The number of phenolic OH excluding ortho intramolecular Hbond substituents is 1. The number of phenols is 1. The second-order valence-corrected chi connectivity index (χ2v) is 14.5. The van der Waals surface area contributed by atoms with Gasteiger partial charge < -0.3 is 9.84 Å². The van der Waals surface area contributed by atoms with E-state index >= 15 is 0 Å². The van der Waals surface area contributed by atoms with Gasteiger partial charge in [0.15, 0.2) is 0 Å². The van der Waals surface area contributed by atoms with Crippen molar-refractivity contribution in [2.45, 2.75) is 181 Å². The molecule has 0 aliphatic rings. The van der Waals surface area contributed by atoms with Crippen molar-refractivity contribution in [2.75, 3.05) is 6.61 Å². The van der Waals surface area contributed by atoms with Gasteiger partial charge in [-0.05, 0) is 47.8 Å². The Bertz CT molecular complexity index is 788. The second kappa shape index (κ2) is 17.3.